The van der Waals surface area contributed by atoms with E-state index in [9.17, 15) is 19.6 Å². The number of halogens is 1. The molecular formula is C30H31FN2O5. The fourth-order valence-corrected chi connectivity index (χ4v) is 6.20. The monoisotopic (exact) mass is 518 g/mol. The number of carbonyl (C=O) groups is 3. The molecule has 5 atom stereocenters. The standard InChI is InChI=1S/C30H31FN2O5/c1-30(2,3)38-29(36)27-20-7-6-19(11-20)26(27)28(35)33-22(15-32)12-18-5-4-17(13-23(18)31)16-8-9-24-21(10-16)14-25(34)37-24/h4-5,8-10,13,19-20,22,26-27H,6-7,11-12,14H2,1-3H3,(H,33,35)/t19-,20+,22-,26+,27?/m0/s1. The number of nitrogens with zero attached hydrogens (tertiary/aromatic N) is 1. The zero-order valence-electron chi connectivity index (χ0n) is 21.8. The van der Waals surface area contributed by atoms with Crippen LogP contribution in [0.4, 0.5) is 4.39 Å². The largest absolute Gasteiger partial charge is 0.460 e. The van der Waals surface area contributed by atoms with Crippen molar-refractivity contribution in [1.82, 2.24) is 5.32 Å². The molecule has 2 aromatic rings. The summed E-state index contributed by atoms with van der Waals surface area (Å²) in [4.78, 5) is 37.8. The minimum atomic E-state index is -0.940. The first-order valence-corrected chi connectivity index (χ1v) is 13.1. The van der Waals surface area contributed by atoms with Gasteiger partial charge in [0.15, 0.2) is 0 Å². The number of hydrogen-bond acceptors (Lipinski definition) is 6. The van der Waals surface area contributed by atoms with Crippen molar-refractivity contribution in [2.45, 2.75) is 64.5 Å². The summed E-state index contributed by atoms with van der Waals surface area (Å²) in [5.74, 6) is -1.84. The maximum absolute atomic E-state index is 15.1. The Morgan fingerprint density at radius 3 is 2.50 bits per heavy atom. The number of amides is 1. The molecule has 0 saturated heterocycles. The molecule has 1 unspecified atom stereocenters. The predicted molar refractivity (Wildman–Crippen MR) is 136 cm³/mol. The Bertz CT molecular complexity index is 1340. The van der Waals surface area contributed by atoms with E-state index in [-0.39, 0.29) is 42.5 Å². The molecule has 38 heavy (non-hydrogen) atoms. The zero-order chi connectivity index (χ0) is 27.2. The van der Waals surface area contributed by atoms with Crippen molar-refractivity contribution in [3.8, 4) is 22.9 Å². The normalized spacial score (nSPS) is 24.3. The van der Waals surface area contributed by atoms with Gasteiger partial charge < -0.3 is 14.8 Å². The Hall–Kier alpha value is -3.73. The van der Waals surface area contributed by atoms with Crippen molar-refractivity contribution in [2.24, 2.45) is 23.7 Å². The fraction of sp³-hybridized carbons (Fsp3) is 0.467. The lowest BCUT2D eigenvalue weighted by molar-refractivity contribution is -0.166. The van der Waals surface area contributed by atoms with Gasteiger partial charge in [0.05, 0.1) is 24.3 Å². The lowest BCUT2D eigenvalue weighted by atomic mass is 9.78. The highest BCUT2D eigenvalue weighted by Crippen LogP contribution is 2.53. The molecule has 1 aliphatic heterocycles. The van der Waals surface area contributed by atoms with Gasteiger partial charge in [0.2, 0.25) is 5.91 Å². The quantitative estimate of drug-likeness (QED) is 0.446. The van der Waals surface area contributed by atoms with Crippen LogP contribution in [-0.2, 0) is 32.0 Å². The number of fused-ring (bicyclic) bond motifs is 3. The number of carbonyl (C=O) groups excluding carboxylic acids is 3. The summed E-state index contributed by atoms with van der Waals surface area (Å²) in [6.07, 6.45) is 2.76. The van der Waals surface area contributed by atoms with Crippen LogP contribution < -0.4 is 10.1 Å². The molecule has 1 amide bonds. The first-order valence-electron chi connectivity index (χ1n) is 13.1. The van der Waals surface area contributed by atoms with Crippen LogP contribution in [0.15, 0.2) is 36.4 Å². The topological polar surface area (TPSA) is 105 Å². The van der Waals surface area contributed by atoms with E-state index in [4.69, 9.17) is 9.47 Å². The number of ether oxygens (including phenoxy) is 2. The summed E-state index contributed by atoms with van der Waals surface area (Å²) in [5.41, 5.74) is 1.80. The van der Waals surface area contributed by atoms with Crippen LogP contribution in [0.25, 0.3) is 11.1 Å². The van der Waals surface area contributed by atoms with Crippen molar-refractivity contribution in [3.63, 3.8) is 0 Å². The molecule has 3 aliphatic rings. The highest BCUT2D eigenvalue weighted by atomic mass is 19.1. The SMILES string of the molecule is CC(C)(C)OC(=O)C1[C@@H]2CC[C@@H](C2)[C@H]1C(=O)N[C@H](C#N)Cc1ccc(-c2ccc3c(c2)CC(=O)O3)cc1F. The van der Waals surface area contributed by atoms with E-state index in [0.29, 0.717) is 16.9 Å². The van der Waals surface area contributed by atoms with Gasteiger partial charge in [-0.25, -0.2) is 4.39 Å². The molecule has 1 heterocycles. The molecular weight excluding hydrogens is 487 g/mol. The molecule has 2 bridgehead atoms. The number of nitriles is 1. The second kappa shape index (κ2) is 9.86. The Morgan fingerprint density at radius 1 is 1.13 bits per heavy atom. The second-order valence-electron chi connectivity index (χ2n) is 11.6. The lowest BCUT2D eigenvalue weighted by Crippen LogP contribution is -2.46. The van der Waals surface area contributed by atoms with Crippen LogP contribution in [0.1, 0.15) is 51.2 Å². The number of nitrogens with one attached hydrogen (secondary N) is 1. The van der Waals surface area contributed by atoms with E-state index in [0.717, 1.165) is 30.4 Å². The van der Waals surface area contributed by atoms with Crippen molar-refractivity contribution in [2.75, 3.05) is 0 Å². The first kappa shape index (κ1) is 25.9. The number of benzene rings is 2. The molecule has 2 aromatic carbocycles. The molecule has 8 heteroatoms. The molecule has 2 saturated carbocycles. The third-order valence-electron chi connectivity index (χ3n) is 7.80. The molecule has 0 aromatic heterocycles. The van der Waals surface area contributed by atoms with Gasteiger partial charge in [-0.15, -0.1) is 0 Å². The zero-order valence-corrected chi connectivity index (χ0v) is 21.8. The van der Waals surface area contributed by atoms with E-state index in [2.05, 4.69) is 11.4 Å². The molecule has 5 rings (SSSR count). The van der Waals surface area contributed by atoms with E-state index in [1.165, 1.54) is 6.07 Å². The number of rotatable bonds is 6. The molecule has 0 radical (unpaired) electrons. The Labute approximate surface area is 221 Å². The number of hydrogen-bond donors (Lipinski definition) is 1. The predicted octanol–water partition coefficient (Wildman–Crippen LogP) is 4.51. The molecule has 0 spiro atoms. The molecule has 1 N–H and O–H groups in total. The van der Waals surface area contributed by atoms with Gasteiger partial charge in [-0.05, 0) is 86.8 Å². The summed E-state index contributed by atoms with van der Waals surface area (Å²) in [6, 6.07) is 11.2. The first-order chi connectivity index (χ1) is 18.0. The van der Waals surface area contributed by atoms with Crippen molar-refractivity contribution < 1.29 is 28.2 Å². The average Bonchev–Trinajstić information content (AvgIpc) is 3.56. The van der Waals surface area contributed by atoms with Gasteiger partial charge in [-0.3, -0.25) is 14.4 Å². The average molecular weight is 519 g/mol. The van der Waals surface area contributed by atoms with Crippen molar-refractivity contribution in [1.29, 1.82) is 5.26 Å². The number of esters is 2. The van der Waals surface area contributed by atoms with Gasteiger partial charge in [0.25, 0.3) is 0 Å². The molecule has 7 nitrogen and oxygen atoms in total. The van der Waals surface area contributed by atoms with Crippen LogP contribution in [0, 0.1) is 40.8 Å². The van der Waals surface area contributed by atoms with E-state index >= 15 is 4.39 Å². The summed E-state index contributed by atoms with van der Waals surface area (Å²) in [7, 11) is 0. The van der Waals surface area contributed by atoms with Crippen LogP contribution in [0.3, 0.4) is 0 Å². The highest BCUT2D eigenvalue weighted by Gasteiger charge is 2.55. The van der Waals surface area contributed by atoms with E-state index in [1.54, 1.807) is 45.0 Å². The van der Waals surface area contributed by atoms with Crippen molar-refractivity contribution >= 4 is 17.8 Å². The maximum atomic E-state index is 15.1. The van der Waals surface area contributed by atoms with Crippen LogP contribution >= 0.6 is 0 Å². The third-order valence-corrected chi connectivity index (χ3v) is 7.80. The fourth-order valence-electron chi connectivity index (χ4n) is 6.20. The molecule has 2 fully saturated rings. The van der Waals surface area contributed by atoms with Crippen LogP contribution in [0.2, 0.25) is 0 Å². The summed E-state index contributed by atoms with van der Waals surface area (Å²) in [5, 5.41) is 12.5. The van der Waals surface area contributed by atoms with Crippen molar-refractivity contribution in [3.05, 3.63) is 53.3 Å². The second-order valence-corrected chi connectivity index (χ2v) is 11.6. The Morgan fingerprint density at radius 2 is 1.82 bits per heavy atom. The van der Waals surface area contributed by atoms with Gasteiger partial charge in [-0.1, -0.05) is 18.2 Å². The summed E-state index contributed by atoms with van der Waals surface area (Å²) in [6.45, 7) is 5.41. The Kier molecular flexibility index (Phi) is 6.72. The molecule has 2 aliphatic carbocycles. The van der Waals surface area contributed by atoms with Gasteiger partial charge in [0.1, 0.15) is 23.2 Å². The summed E-state index contributed by atoms with van der Waals surface area (Å²) >= 11 is 0. The minimum absolute atomic E-state index is 0.00119. The van der Waals surface area contributed by atoms with Gasteiger partial charge in [-0.2, -0.15) is 5.26 Å². The van der Waals surface area contributed by atoms with Crippen LogP contribution in [0.5, 0.6) is 5.75 Å². The minimum Gasteiger partial charge on any atom is -0.460 e. The van der Waals surface area contributed by atoms with Crippen LogP contribution in [-0.4, -0.2) is 29.5 Å². The smallest absolute Gasteiger partial charge is 0.315 e. The molecule has 198 valence electrons. The van der Waals surface area contributed by atoms with Gasteiger partial charge in [0, 0.05) is 12.0 Å². The van der Waals surface area contributed by atoms with E-state index < -0.39 is 29.3 Å². The van der Waals surface area contributed by atoms with E-state index in [1.807, 2.05) is 6.07 Å². The third kappa shape index (κ3) is 5.15. The Balaban J connectivity index is 1.27. The maximum Gasteiger partial charge on any atom is 0.315 e. The van der Waals surface area contributed by atoms with Gasteiger partial charge >= 0.3 is 11.9 Å². The highest BCUT2D eigenvalue weighted by molar-refractivity contribution is 5.87. The summed E-state index contributed by atoms with van der Waals surface area (Å²) < 4.78 is 25.8. The lowest BCUT2D eigenvalue weighted by Gasteiger charge is -2.31.